The number of rotatable bonds is 5. The van der Waals surface area contributed by atoms with Crippen LogP contribution in [0, 0.1) is 0 Å². The molecule has 0 amide bonds. The summed E-state index contributed by atoms with van der Waals surface area (Å²) in [6, 6.07) is 8.46. The van der Waals surface area contributed by atoms with Crippen LogP contribution in [0.5, 0.6) is 5.75 Å². The Morgan fingerprint density at radius 1 is 1.38 bits per heavy atom. The summed E-state index contributed by atoms with van der Waals surface area (Å²) >= 11 is 4.18. The summed E-state index contributed by atoms with van der Waals surface area (Å²) in [5.74, 6) is 2.14. The van der Waals surface area contributed by atoms with Gasteiger partial charge in [0.05, 0.1) is 17.5 Å². The minimum Gasteiger partial charge on any atom is -0.497 e. The second-order valence-corrected chi connectivity index (χ2v) is 8.89. The lowest BCUT2D eigenvalue weighted by Gasteiger charge is -2.28. The van der Waals surface area contributed by atoms with Crippen LogP contribution in [-0.2, 0) is 13.0 Å². The number of imidazole rings is 1. The Morgan fingerprint density at radius 3 is 2.76 bits per heavy atom. The fraction of sp³-hybridized carbons (Fsp3) is 0.438. The van der Waals surface area contributed by atoms with Crippen LogP contribution in [-0.4, -0.2) is 31.7 Å². The molecule has 1 aromatic carbocycles. The van der Waals surface area contributed by atoms with Crippen LogP contribution in [0.1, 0.15) is 12.5 Å². The molecule has 2 atom stereocenters. The molecule has 0 spiro atoms. The van der Waals surface area contributed by atoms with Crippen LogP contribution in [0.4, 0.5) is 0 Å². The molecule has 0 radical (unpaired) electrons. The van der Waals surface area contributed by atoms with Gasteiger partial charge in [-0.3, -0.25) is 0 Å². The first-order chi connectivity index (χ1) is 10.2. The van der Waals surface area contributed by atoms with Crippen molar-refractivity contribution >= 4 is 23.5 Å². The van der Waals surface area contributed by atoms with Gasteiger partial charge in [-0.25, -0.2) is 4.98 Å². The fourth-order valence-electron chi connectivity index (χ4n) is 2.65. The molecule has 0 N–H and O–H groups in total. The quantitative estimate of drug-likeness (QED) is 0.839. The summed E-state index contributed by atoms with van der Waals surface area (Å²) in [6.45, 7) is 3.32. The van der Waals surface area contributed by atoms with Crippen molar-refractivity contribution in [2.45, 2.75) is 29.2 Å². The second kappa shape index (κ2) is 6.36. The molecule has 0 aliphatic carbocycles. The minimum atomic E-state index is 0.203. The van der Waals surface area contributed by atoms with E-state index >= 15 is 0 Å². The van der Waals surface area contributed by atoms with E-state index < -0.39 is 0 Å². The molecule has 3 rings (SSSR count). The van der Waals surface area contributed by atoms with Gasteiger partial charge < -0.3 is 9.30 Å². The van der Waals surface area contributed by atoms with Gasteiger partial charge in [0.1, 0.15) is 5.75 Å². The summed E-state index contributed by atoms with van der Waals surface area (Å²) in [5, 5.41) is 0.705. The van der Waals surface area contributed by atoms with Gasteiger partial charge in [-0.2, -0.15) is 0 Å². The third kappa shape index (κ3) is 3.58. The smallest absolute Gasteiger partial charge is 0.118 e. The van der Waals surface area contributed by atoms with E-state index in [0.29, 0.717) is 5.25 Å². The number of methoxy groups -OCH3 is 1. The monoisotopic (exact) mass is 320 g/mol. The number of nitrogens with zero attached hydrogens (tertiary/aromatic N) is 2. The maximum absolute atomic E-state index is 5.24. The fourth-order valence-corrected chi connectivity index (χ4v) is 6.35. The highest BCUT2D eigenvalue weighted by atomic mass is 32.2. The van der Waals surface area contributed by atoms with Crippen LogP contribution in [0.2, 0.25) is 0 Å². The third-order valence-electron chi connectivity index (χ3n) is 3.61. The lowest BCUT2D eigenvalue weighted by atomic mass is 10.1. The predicted octanol–water partition coefficient (Wildman–Crippen LogP) is 3.70. The van der Waals surface area contributed by atoms with Crippen molar-refractivity contribution in [2.24, 2.45) is 0 Å². The average molecular weight is 320 g/mol. The lowest BCUT2D eigenvalue weighted by Crippen LogP contribution is -2.27. The lowest BCUT2D eigenvalue weighted by molar-refractivity contribution is 0.414. The molecule has 0 saturated carbocycles. The first-order valence-corrected chi connectivity index (χ1v) is 8.96. The van der Waals surface area contributed by atoms with E-state index in [1.54, 1.807) is 7.11 Å². The molecule has 1 fully saturated rings. The molecule has 1 aliphatic rings. The van der Waals surface area contributed by atoms with Gasteiger partial charge in [-0.1, -0.05) is 19.1 Å². The average Bonchev–Trinajstić information content (AvgIpc) is 3.11. The summed E-state index contributed by atoms with van der Waals surface area (Å²) in [4.78, 5) is 4.17. The van der Waals surface area contributed by atoms with Crippen LogP contribution in [0.25, 0.3) is 0 Å². The van der Waals surface area contributed by atoms with E-state index in [0.717, 1.165) is 18.7 Å². The Labute approximate surface area is 134 Å². The number of hydrogen-bond donors (Lipinski definition) is 0. The maximum Gasteiger partial charge on any atom is 0.118 e. The molecule has 1 saturated heterocycles. The van der Waals surface area contributed by atoms with Gasteiger partial charge in [0, 0.05) is 29.9 Å². The number of thioether (sulfide) groups is 2. The largest absolute Gasteiger partial charge is 0.497 e. The topological polar surface area (TPSA) is 27.1 Å². The van der Waals surface area contributed by atoms with Crippen LogP contribution in [0.3, 0.4) is 0 Å². The zero-order valence-electron chi connectivity index (χ0n) is 12.4. The van der Waals surface area contributed by atoms with Crippen LogP contribution >= 0.6 is 23.5 Å². The first kappa shape index (κ1) is 14.9. The number of aromatic nitrogens is 2. The van der Waals surface area contributed by atoms with Crippen molar-refractivity contribution in [1.82, 2.24) is 9.55 Å². The third-order valence-corrected chi connectivity index (χ3v) is 7.20. The van der Waals surface area contributed by atoms with Crippen LogP contribution < -0.4 is 4.74 Å². The Kier molecular flexibility index (Phi) is 4.50. The summed E-state index contributed by atoms with van der Waals surface area (Å²) in [7, 11) is 1.71. The number of hydrogen-bond acceptors (Lipinski definition) is 4. The molecule has 2 aromatic rings. The predicted molar refractivity (Wildman–Crippen MR) is 91.2 cm³/mol. The van der Waals surface area contributed by atoms with Gasteiger partial charge in [0.2, 0.25) is 0 Å². The van der Waals surface area contributed by atoms with Gasteiger partial charge >= 0.3 is 0 Å². The summed E-state index contributed by atoms with van der Waals surface area (Å²) < 4.78 is 7.64. The molecule has 112 valence electrons. The number of benzene rings is 1. The summed E-state index contributed by atoms with van der Waals surface area (Å²) in [5.41, 5.74) is 1.37. The normalized spacial score (nSPS) is 25.1. The molecular weight excluding hydrogens is 300 g/mol. The van der Waals surface area contributed by atoms with Crippen molar-refractivity contribution in [3.05, 3.63) is 48.5 Å². The highest BCUT2D eigenvalue weighted by molar-refractivity contribution is 8.21. The standard InChI is InChI=1S/C16H20N2OS2/c1-13-10-20-16(21-13,11-18-8-7-17-12-18)9-14-3-5-15(19-2)6-4-14/h3-8,12-13H,9-11H2,1-2H3. The second-order valence-electron chi connectivity index (χ2n) is 5.41. The molecule has 21 heavy (non-hydrogen) atoms. The van der Waals surface area contributed by atoms with Crippen molar-refractivity contribution in [3.8, 4) is 5.75 Å². The SMILES string of the molecule is COc1ccc(CC2(Cn3ccnc3)SCC(C)S2)cc1. The van der Waals surface area contributed by atoms with Gasteiger partial charge in [0.25, 0.3) is 0 Å². The zero-order valence-corrected chi connectivity index (χ0v) is 14.0. The molecule has 2 unspecified atom stereocenters. The van der Waals surface area contributed by atoms with E-state index in [4.69, 9.17) is 4.74 Å². The Bertz CT molecular complexity index is 570. The Hall–Kier alpha value is -1.07. The Balaban J connectivity index is 1.78. The van der Waals surface area contributed by atoms with E-state index in [1.807, 2.05) is 24.7 Å². The van der Waals surface area contributed by atoms with Gasteiger partial charge in [-0.15, -0.1) is 23.5 Å². The van der Waals surface area contributed by atoms with Crippen LogP contribution in [0.15, 0.2) is 43.0 Å². The molecular formula is C16H20N2OS2. The van der Waals surface area contributed by atoms with Gasteiger partial charge in [0.15, 0.2) is 0 Å². The molecule has 2 heterocycles. The zero-order chi connectivity index (χ0) is 14.7. The van der Waals surface area contributed by atoms with Crippen molar-refractivity contribution in [2.75, 3.05) is 12.9 Å². The molecule has 1 aliphatic heterocycles. The molecule has 0 bridgehead atoms. The molecule has 1 aromatic heterocycles. The van der Waals surface area contributed by atoms with Crippen molar-refractivity contribution in [1.29, 1.82) is 0 Å². The van der Waals surface area contributed by atoms with Crippen molar-refractivity contribution < 1.29 is 4.74 Å². The van der Waals surface area contributed by atoms with E-state index in [2.05, 4.69) is 58.3 Å². The highest BCUT2D eigenvalue weighted by Crippen LogP contribution is 2.50. The molecule has 3 nitrogen and oxygen atoms in total. The maximum atomic E-state index is 5.24. The van der Waals surface area contributed by atoms with E-state index in [-0.39, 0.29) is 4.08 Å². The van der Waals surface area contributed by atoms with Gasteiger partial charge in [-0.05, 0) is 24.1 Å². The number of ether oxygens (including phenoxy) is 1. The van der Waals surface area contributed by atoms with E-state index in [9.17, 15) is 0 Å². The Morgan fingerprint density at radius 2 is 2.19 bits per heavy atom. The molecule has 5 heteroatoms. The highest BCUT2D eigenvalue weighted by Gasteiger charge is 2.39. The van der Waals surface area contributed by atoms with E-state index in [1.165, 1.54) is 11.3 Å². The van der Waals surface area contributed by atoms with Crippen molar-refractivity contribution in [3.63, 3.8) is 0 Å². The summed E-state index contributed by atoms with van der Waals surface area (Å²) in [6.07, 6.45) is 6.89. The first-order valence-electron chi connectivity index (χ1n) is 7.09. The minimum absolute atomic E-state index is 0.203.